The average molecular weight is 168 g/mol. The van der Waals surface area contributed by atoms with Crippen LogP contribution in [-0.4, -0.2) is 17.7 Å². The van der Waals surface area contributed by atoms with Crippen molar-refractivity contribution in [3.8, 4) is 0 Å². The summed E-state index contributed by atoms with van der Waals surface area (Å²) in [5.74, 6) is 0. The van der Waals surface area contributed by atoms with E-state index in [-0.39, 0.29) is 6.09 Å². The third kappa shape index (κ3) is 2.65. The van der Waals surface area contributed by atoms with E-state index in [0.717, 1.165) is 5.69 Å². The number of carbonyl (C=O) groups excluding carboxylic acids is 1. The monoisotopic (exact) mass is 168 g/mol. The van der Waals surface area contributed by atoms with E-state index in [9.17, 15) is 4.79 Å². The van der Waals surface area contributed by atoms with E-state index in [2.05, 4.69) is 15.0 Å². The van der Waals surface area contributed by atoms with Crippen LogP contribution in [0.1, 0.15) is 12.6 Å². The van der Waals surface area contributed by atoms with Gasteiger partial charge in [-0.3, -0.25) is 0 Å². The first kappa shape index (κ1) is 8.64. The van der Waals surface area contributed by atoms with E-state index >= 15 is 0 Å². The predicted molar refractivity (Wildman–Crippen MR) is 44.7 cm³/mol. The molecule has 0 unspecified atom stereocenters. The molecule has 1 heterocycles. The highest BCUT2D eigenvalue weighted by molar-refractivity contribution is 5.66. The molecule has 0 fully saturated rings. The summed E-state index contributed by atoms with van der Waals surface area (Å²) < 4.78 is 4.68. The van der Waals surface area contributed by atoms with Crippen LogP contribution >= 0.6 is 0 Å². The molecule has 0 bridgehead atoms. The van der Waals surface area contributed by atoms with Gasteiger partial charge in [0.1, 0.15) is 0 Å². The maximum absolute atomic E-state index is 10.8. The summed E-state index contributed by atoms with van der Waals surface area (Å²) in [6.45, 7) is 2.65. The molecule has 1 aromatic rings. The van der Waals surface area contributed by atoms with Crippen molar-refractivity contribution in [2.75, 3.05) is 6.61 Å². The topological polar surface area (TPSA) is 54.1 Å². The van der Waals surface area contributed by atoms with Crippen molar-refractivity contribution in [2.45, 2.75) is 13.5 Å². The Kier molecular flexibility index (Phi) is 3.19. The number of amides is 1. The first-order valence-electron chi connectivity index (χ1n) is 3.86. The largest absolute Gasteiger partial charge is 0.450 e. The van der Waals surface area contributed by atoms with Crippen molar-refractivity contribution >= 4 is 6.09 Å². The van der Waals surface area contributed by atoms with Gasteiger partial charge in [0, 0.05) is 11.9 Å². The van der Waals surface area contributed by atoms with Crippen LogP contribution in [0.15, 0.2) is 18.3 Å². The molecular formula is C8H12N2O2. The highest BCUT2D eigenvalue weighted by atomic mass is 16.5. The summed E-state index contributed by atoms with van der Waals surface area (Å²) in [7, 11) is 0. The molecule has 4 nitrogen and oxygen atoms in total. The maximum atomic E-state index is 10.8. The molecule has 0 aliphatic heterocycles. The number of ether oxygens (including phenoxy) is 1. The van der Waals surface area contributed by atoms with Gasteiger partial charge in [0.2, 0.25) is 0 Å². The van der Waals surface area contributed by atoms with Gasteiger partial charge in [-0.15, -0.1) is 0 Å². The Hall–Kier alpha value is -1.45. The van der Waals surface area contributed by atoms with Crippen molar-refractivity contribution in [1.29, 1.82) is 0 Å². The highest BCUT2D eigenvalue weighted by Crippen LogP contribution is 1.92. The number of rotatable bonds is 3. The van der Waals surface area contributed by atoms with Crippen LogP contribution in [-0.2, 0) is 11.3 Å². The molecule has 0 saturated heterocycles. The normalized spacial score (nSPS) is 9.42. The molecule has 0 radical (unpaired) electrons. The van der Waals surface area contributed by atoms with Crippen LogP contribution in [0.5, 0.6) is 0 Å². The summed E-state index contributed by atoms with van der Waals surface area (Å²) in [5.41, 5.74) is 0.961. The van der Waals surface area contributed by atoms with Gasteiger partial charge < -0.3 is 15.0 Å². The minimum atomic E-state index is -0.382. The number of alkyl carbamates (subject to hydrolysis) is 1. The molecule has 0 saturated carbocycles. The Morgan fingerprint density at radius 1 is 1.75 bits per heavy atom. The average Bonchev–Trinajstić information content (AvgIpc) is 2.53. The van der Waals surface area contributed by atoms with Gasteiger partial charge in [-0.1, -0.05) is 0 Å². The lowest BCUT2D eigenvalue weighted by Gasteiger charge is -2.02. The molecule has 1 rings (SSSR count). The van der Waals surface area contributed by atoms with Crippen LogP contribution in [0.2, 0.25) is 0 Å². The predicted octanol–water partition coefficient (Wildman–Crippen LogP) is 1.26. The van der Waals surface area contributed by atoms with Gasteiger partial charge in [0.15, 0.2) is 0 Å². The quantitative estimate of drug-likeness (QED) is 0.713. The number of H-pyrrole nitrogens is 1. The van der Waals surface area contributed by atoms with E-state index < -0.39 is 0 Å². The molecule has 0 aliphatic carbocycles. The van der Waals surface area contributed by atoms with Crippen molar-refractivity contribution in [3.63, 3.8) is 0 Å². The zero-order valence-electron chi connectivity index (χ0n) is 6.96. The lowest BCUT2D eigenvalue weighted by molar-refractivity contribution is 0.151. The molecule has 0 aliphatic rings. The van der Waals surface area contributed by atoms with Crippen LogP contribution < -0.4 is 5.32 Å². The van der Waals surface area contributed by atoms with Crippen molar-refractivity contribution in [3.05, 3.63) is 24.0 Å². The van der Waals surface area contributed by atoms with E-state index in [1.165, 1.54) is 0 Å². The lowest BCUT2D eigenvalue weighted by atomic mass is 10.4. The van der Waals surface area contributed by atoms with Crippen LogP contribution in [0.4, 0.5) is 4.79 Å². The third-order valence-electron chi connectivity index (χ3n) is 1.36. The fraction of sp³-hybridized carbons (Fsp3) is 0.375. The Balaban J connectivity index is 2.22. The molecule has 4 heteroatoms. The molecule has 2 N–H and O–H groups in total. The Labute approximate surface area is 70.9 Å². The van der Waals surface area contributed by atoms with Gasteiger partial charge >= 0.3 is 6.09 Å². The highest BCUT2D eigenvalue weighted by Gasteiger charge is 1.99. The second-order valence-electron chi connectivity index (χ2n) is 2.27. The smallest absolute Gasteiger partial charge is 0.407 e. The molecular weight excluding hydrogens is 156 g/mol. The molecule has 12 heavy (non-hydrogen) atoms. The van der Waals surface area contributed by atoms with E-state index in [1.54, 1.807) is 6.92 Å². The summed E-state index contributed by atoms with van der Waals surface area (Å²) in [4.78, 5) is 13.8. The Bertz CT molecular complexity index is 231. The SMILES string of the molecule is CCOC(=O)NCc1ccc[nH]1. The number of hydrogen-bond donors (Lipinski definition) is 2. The second-order valence-corrected chi connectivity index (χ2v) is 2.27. The standard InChI is InChI=1S/C8H12N2O2/c1-2-12-8(11)10-6-7-4-3-5-9-7/h3-5,9H,2,6H2,1H3,(H,10,11). The maximum Gasteiger partial charge on any atom is 0.407 e. The number of nitrogens with one attached hydrogen (secondary N) is 2. The van der Waals surface area contributed by atoms with Crippen LogP contribution in [0.3, 0.4) is 0 Å². The minimum absolute atomic E-state index is 0.382. The fourth-order valence-electron chi connectivity index (χ4n) is 0.827. The molecule has 0 spiro atoms. The third-order valence-corrected chi connectivity index (χ3v) is 1.36. The van der Waals surface area contributed by atoms with E-state index in [4.69, 9.17) is 0 Å². The fourth-order valence-corrected chi connectivity index (χ4v) is 0.827. The molecule has 0 aromatic carbocycles. The first-order chi connectivity index (χ1) is 5.83. The number of aromatic nitrogens is 1. The first-order valence-corrected chi connectivity index (χ1v) is 3.86. The number of hydrogen-bond acceptors (Lipinski definition) is 2. The van der Waals surface area contributed by atoms with Crippen molar-refractivity contribution in [2.24, 2.45) is 0 Å². The van der Waals surface area contributed by atoms with Crippen molar-refractivity contribution in [1.82, 2.24) is 10.3 Å². The molecule has 0 atom stereocenters. The summed E-state index contributed by atoms with van der Waals surface area (Å²) in [5, 5.41) is 2.59. The van der Waals surface area contributed by atoms with Crippen LogP contribution in [0.25, 0.3) is 0 Å². The Morgan fingerprint density at radius 2 is 2.58 bits per heavy atom. The van der Waals surface area contributed by atoms with Crippen LogP contribution in [0, 0.1) is 0 Å². The minimum Gasteiger partial charge on any atom is -0.450 e. The zero-order chi connectivity index (χ0) is 8.81. The number of carbonyl (C=O) groups is 1. The van der Waals surface area contributed by atoms with E-state index in [0.29, 0.717) is 13.2 Å². The van der Waals surface area contributed by atoms with Gasteiger partial charge in [-0.2, -0.15) is 0 Å². The molecule has 1 aromatic heterocycles. The lowest BCUT2D eigenvalue weighted by Crippen LogP contribution is -2.23. The van der Waals surface area contributed by atoms with Gasteiger partial charge in [0.25, 0.3) is 0 Å². The number of aromatic amines is 1. The second kappa shape index (κ2) is 4.43. The van der Waals surface area contributed by atoms with Gasteiger partial charge in [-0.25, -0.2) is 4.79 Å². The molecule has 1 amide bonds. The summed E-state index contributed by atoms with van der Waals surface area (Å²) in [6.07, 6.45) is 1.43. The van der Waals surface area contributed by atoms with Gasteiger partial charge in [0.05, 0.1) is 13.2 Å². The van der Waals surface area contributed by atoms with E-state index in [1.807, 2.05) is 18.3 Å². The Morgan fingerprint density at radius 3 is 3.17 bits per heavy atom. The summed E-state index contributed by atoms with van der Waals surface area (Å²) in [6, 6.07) is 3.77. The molecule has 66 valence electrons. The zero-order valence-corrected chi connectivity index (χ0v) is 6.96. The van der Waals surface area contributed by atoms with Crippen molar-refractivity contribution < 1.29 is 9.53 Å². The summed E-state index contributed by atoms with van der Waals surface area (Å²) >= 11 is 0. The van der Waals surface area contributed by atoms with Gasteiger partial charge in [-0.05, 0) is 19.1 Å².